The molecule has 4 nitrogen and oxygen atoms in total. The van der Waals surface area contributed by atoms with Gasteiger partial charge in [-0.1, -0.05) is 20.8 Å². The number of hydrogen-bond acceptors (Lipinski definition) is 3. The van der Waals surface area contributed by atoms with Crippen LogP contribution in [0.5, 0.6) is 0 Å². The summed E-state index contributed by atoms with van der Waals surface area (Å²) in [4.78, 5) is 13.8. The summed E-state index contributed by atoms with van der Waals surface area (Å²) in [7, 11) is 1.78. The topological polar surface area (TPSA) is 59.5 Å². The summed E-state index contributed by atoms with van der Waals surface area (Å²) in [5.74, 6) is 3.61. The van der Waals surface area contributed by atoms with Gasteiger partial charge in [-0.05, 0) is 36.8 Å². The lowest BCUT2D eigenvalue weighted by atomic mass is 10.0. The molecule has 4 heteroatoms. The summed E-state index contributed by atoms with van der Waals surface area (Å²) < 4.78 is 5.82. The average molecular weight is 278 g/mol. The molecule has 1 aliphatic carbocycles. The van der Waals surface area contributed by atoms with Crippen LogP contribution in [0.15, 0.2) is 16.5 Å². The first-order valence-electron chi connectivity index (χ1n) is 7.47. The van der Waals surface area contributed by atoms with Crippen molar-refractivity contribution < 1.29 is 9.21 Å². The summed E-state index contributed by atoms with van der Waals surface area (Å²) in [5, 5.41) is 0. The van der Waals surface area contributed by atoms with Crippen LogP contribution in [-0.4, -0.2) is 23.9 Å². The molecule has 2 unspecified atom stereocenters. The molecule has 1 heterocycles. The Bertz CT molecular complexity index is 467. The van der Waals surface area contributed by atoms with Crippen LogP contribution in [0.3, 0.4) is 0 Å². The van der Waals surface area contributed by atoms with Gasteiger partial charge in [-0.25, -0.2) is 0 Å². The molecule has 0 spiro atoms. The first-order valence-corrected chi connectivity index (χ1v) is 7.47. The molecule has 0 bridgehead atoms. The Hall–Kier alpha value is -1.29. The van der Waals surface area contributed by atoms with Crippen LogP contribution in [-0.2, 0) is 11.3 Å². The monoisotopic (exact) mass is 278 g/mol. The van der Waals surface area contributed by atoms with Crippen LogP contribution in [0.4, 0.5) is 0 Å². The standard InChI is InChI=1S/C16H26N2O2/c1-10(2)7-14(17)16(19)18(4)9-12-5-6-15(20-12)13-8-11(13)3/h5-6,10-11,13-14H,7-9,17H2,1-4H3/t11?,13?,14-/m0/s1. The minimum Gasteiger partial charge on any atom is -0.464 e. The Morgan fingerprint density at radius 1 is 1.50 bits per heavy atom. The highest BCUT2D eigenvalue weighted by Gasteiger charge is 2.36. The number of rotatable bonds is 6. The molecule has 0 aliphatic heterocycles. The first kappa shape index (κ1) is 15.1. The molecule has 1 aliphatic rings. The Morgan fingerprint density at radius 3 is 2.70 bits per heavy atom. The van der Waals surface area contributed by atoms with Gasteiger partial charge in [0.2, 0.25) is 5.91 Å². The average Bonchev–Trinajstić information content (AvgIpc) is 2.91. The maximum Gasteiger partial charge on any atom is 0.239 e. The number of nitrogens with two attached hydrogens (primary N) is 1. The van der Waals surface area contributed by atoms with Crippen molar-refractivity contribution in [3.8, 4) is 0 Å². The van der Waals surface area contributed by atoms with E-state index in [2.05, 4.69) is 20.8 Å². The SMILES string of the molecule is CC(C)C[C@H](N)C(=O)N(C)Cc1ccc(C2CC2C)o1. The maximum absolute atomic E-state index is 12.1. The molecular formula is C16H26N2O2. The van der Waals surface area contributed by atoms with E-state index in [0.717, 1.165) is 17.4 Å². The van der Waals surface area contributed by atoms with E-state index in [-0.39, 0.29) is 5.91 Å². The quantitative estimate of drug-likeness (QED) is 0.870. The highest BCUT2D eigenvalue weighted by atomic mass is 16.3. The van der Waals surface area contributed by atoms with Crippen molar-refractivity contribution in [3.05, 3.63) is 23.7 Å². The van der Waals surface area contributed by atoms with E-state index in [1.807, 2.05) is 12.1 Å². The van der Waals surface area contributed by atoms with Gasteiger partial charge in [-0.3, -0.25) is 4.79 Å². The van der Waals surface area contributed by atoms with Crippen molar-refractivity contribution in [3.63, 3.8) is 0 Å². The van der Waals surface area contributed by atoms with Crippen LogP contribution < -0.4 is 5.73 Å². The van der Waals surface area contributed by atoms with E-state index in [0.29, 0.717) is 24.8 Å². The van der Waals surface area contributed by atoms with Crippen molar-refractivity contribution in [2.24, 2.45) is 17.6 Å². The molecule has 1 aromatic heterocycles. The molecule has 2 rings (SSSR count). The number of amides is 1. The van der Waals surface area contributed by atoms with Crippen molar-refractivity contribution >= 4 is 5.91 Å². The van der Waals surface area contributed by atoms with Crippen molar-refractivity contribution in [2.45, 2.75) is 52.1 Å². The molecular weight excluding hydrogens is 252 g/mol. The number of carbonyl (C=O) groups is 1. The lowest BCUT2D eigenvalue weighted by molar-refractivity contribution is -0.132. The molecule has 112 valence electrons. The molecule has 0 saturated heterocycles. The zero-order valence-electron chi connectivity index (χ0n) is 12.9. The Morgan fingerprint density at radius 2 is 2.15 bits per heavy atom. The third-order valence-electron chi connectivity index (χ3n) is 3.97. The molecule has 20 heavy (non-hydrogen) atoms. The molecule has 3 atom stereocenters. The fourth-order valence-corrected chi connectivity index (χ4v) is 2.60. The Balaban J connectivity index is 1.88. The highest BCUT2D eigenvalue weighted by molar-refractivity contribution is 5.81. The van der Waals surface area contributed by atoms with Gasteiger partial charge in [0.05, 0.1) is 12.6 Å². The second-order valence-electron chi connectivity index (χ2n) is 6.55. The zero-order valence-corrected chi connectivity index (χ0v) is 12.9. The number of nitrogens with zero attached hydrogens (tertiary/aromatic N) is 1. The Kier molecular flexibility index (Phi) is 4.53. The summed E-state index contributed by atoms with van der Waals surface area (Å²) in [6, 6.07) is 3.59. The van der Waals surface area contributed by atoms with E-state index in [4.69, 9.17) is 10.2 Å². The summed E-state index contributed by atoms with van der Waals surface area (Å²) in [5.41, 5.74) is 5.93. The minimum absolute atomic E-state index is 0.0172. The van der Waals surface area contributed by atoms with Crippen molar-refractivity contribution in [1.29, 1.82) is 0 Å². The van der Waals surface area contributed by atoms with Crippen LogP contribution >= 0.6 is 0 Å². The van der Waals surface area contributed by atoms with E-state index >= 15 is 0 Å². The third-order valence-corrected chi connectivity index (χ3v) is 3.97. The van der Waals surface area contributed by atoms with E-state index in [1.54, 1.807) is 11.9 Å². The van der Waals surface area contributed by atoms with Crippen molar-refractivity contribution in [2.75, 3.05) is 7.05 Å². The molecule has 1 aromatic rings. The van der Waals surface area contributed by atoms with Gasteiger partial charge in [0.15, 0.2) is 0 Å². The lowest BCUT2D eigenvalue weighted by Crippen LogP contribution is -2.42. The summed E-state index contributed by atoms with van der Waals surface area (Å²) >= 11 is 0. The third kappa shape index (κ3) is 3.63. The first-order chi connectivity index (χ1) is 9.38. The molecule has 1 amide bonds. The maximum atomic E-state index is 12.1. The Labute approximate surface area is 121 Å². The highest BCUT2D eigenvalue weighted by Crippen LogP contribution is 2.47. The van der Waals surface area contributed by atoms with Gasteiger partial charge in [0.25, 0.3) is 0 Å². The summed E-state index contributed by atoms with van der Waals surface area (Å²) in [6.07, 6.45) is 1.92. The molecule has 0 radical (unpaired) electrons. The minimum atomic E-state index is -0.419. The normalized spacial score (nSPS) is 22.9. The predicted octanol–water partition coefficient (Wildman–Crippen LogP) is 2.73. The number of hydrogen-bond donors (Lipinski definition) is 1. The largest absolute Gasteiger partial charge is 0.464 e. The van der Waals surface area contributed by atoms with E-state index in [9.17, 15) is 4.79 Å². The molecule has 1 saturated carbocycles. The van der Waals surface area contributed by atoms with Gasteiger partial charge in [0.1, 0.15) is 11.5 Å². The van der Waals surface area contributed by atoms with Gasteiger partial charge in [0, 0.05) is 13.0 Å². The molecule has 0 aromatic carbocycles. The number of furan rings is 1. The fourth-order valence-electron chi connectivity index (χ4n) is 2.60. The second-order valence-corrected chi connectivity index (χ2v) is 6.55. The van der Waals surface area contributed by atoms with Gasteiger partial charge < -0.3 is 15.1 Å². The van der Waals surface area contributed by atoms with Gasteiger partial charge >= 0.3 is 0 Å². The smallest absolute Gasteiger partial charge is 0.239 e. The zero-order chi connectivity index (χ0) is 14.9. The number of likely N-dealkylation sites (N-methyl/N-ethyl adjacent to an activating group) is 1. The van der Waals surface area contributed by atoms with E-state index in [1.165, 1.54) is 6.42 Å². The van der Waals surface area contributed by atoms with Gasteiger partial charge in [-0.15, -0.1) is 0 Å². The summed E-state index contributed by atoms with van der Waals surface area (Å²) in [6.45, 7) is 6.87. The molecule has 1 fully saturated rings. The van der Waals surface area contributed by atoms with Crippen LogP contribution in [0, 0.1) is 11.8 Å². The van der Waals surface area contributed by atoms with E-state index < -0.39 is 6.04 Å². The fraction of sp³-hybridized carbons (Fsp3) is 0.688. The predicted molar refractivity (Wildman–Crippen MR) is 79.1 cm³/mol. The second kappa shape index (κ2) is 6.00. The van der Waals surface area contributed by atoms with Crippen LogP contribution in [0.1, 0.15) is 51.1 Å². The van der Waals surface area contributed by atoms with Gasteiger partial charge in [-0.2, -0.15) is 0 Å². The number of carbonyl (C=O) groups excluding carboxylic acids is 1. The lowest BCUT2D eigenvalue weighted by Gasteiger charge is -2.21. The van der Waals surface area contributed by atoms with Crippen LogP contribution in [0.2, 0.25) is 0 Å². The molecule has 2 N–H and O–H groups in total. The van der Waals surface area contributed by atoms with Crippen molar-refractivity contribution in [1.82, 2.24) is 4.90 Å². The van der Waals surface area contributed by atoms with Crippen LogP contribution in [0.25, 0.3) is 0 Å².